The first-order valence-corrected chi connectivity index (χ1v) is 6.80. The van der Waals surface area contributed by atoms with E-state index in [9.17, 15) is 0 Å². The largest absolute Gasteiger partial charge is 0.367 e. The lowest BCUT2D eigenvalue weighted by Crippen LogP contribution is -2.16. The fraction of sp³-hybridized carbons (Fsp3) is 0.429. The summed E-state index contributed by atoms with van der Waals surface area (Å²) in [5.74, 6) is 0.876. The number of hydrogen-bond acceptors (Lipinski definition) is 3. The van der Waals surface area contributed by atoms with Crippen molar-refractivity contribution < 1.29 is 0 Å². The molecule has 3 rings (SSSR count). The molecule has 1 aliphatic carbocycles. The van der Waals surface area contributed by atoms with Crippen LogP contribution < -0.4 is 5.32 Å². The van der Waals surface area contributed by atoms with E-state index in [2.05, 4.69) is 28.3 Å². The highest BCUT2D eigenvalue weighted by molar-refractivity contribution is 6.28. The molecule has 4 heteroatoms. The van der Waals surface area contributed by atoms with E-state index in [4.69, 9.17) is 11.6 Å². The maximum Gasteiger partial charge on any atom is 0.224 e. The zero-order valence-electron chi connectivity index (χ0n) is 10.4. The minimum Gasteiger partial charge on any atom is -0.367 e. The number of hydrogen-bond donors (Lipinski definition) is 1. The van der Waals surface area contributed by atoms with Crippen LogP contribution >= 0.6 is 11.6 Å². The van der Waals surface area contributed by atoms with Crippen molar-refractivity contribution in [2.45, 2.75) is 38.6 Å². The van der Waals surface area contributed by atoms with E-state index >= 15 is 0 Å². The average molecular weight is 262 g/mol. The van der Waals surface area contributed by atoms with Gasteiger partial charge < -0.3 is 5.32 Å². The Hall–Kier alpha value is -1.35. The van der Waals surface area contributed by atoms with Gasteiger partial charge in [0.2, 0.25) is 5.28 Å². The molecule has 1 N–H and O–H groups in total. The van der Waals surface area contributed by atoms with Crippen LogP contribution in [0.1, 0.15) is 31.2 Å². The maximum absolute atomic E-state index is 5.99. The SMILES string of the molecule is Cc1ccc2nc(Cl)nc(NC3CCCC3)c2c1. The molecule has 1 fully saturated rings. The molecule has 2 aromatic rings. The third-order valence-electron chi connectivity index (χ3n) is 3.52. The molecule has 0 unspecified atom stereocenters. The number of halogens is 1. The third-order valence-corrected chi connectivity index (χ3v) is 3.69. The Morgan fingerprint density at radius 2 is 2.00 bits per heavy atom. The highest BCUT2D eigenvalue weighted by Crippen LogP contribution is 2.27. The second kappa shape index (κ2) is 4.73. The Balaban J connectivity index is 2.05. The van der Waals surface area contributed by atoms with Crippen molar-refractivity contribution >= 4 is 28.3 Å². The number of fused-ring (bicyclic) bond motifs is 1. The van der Waals surface area contributed by atoms with Crippen molar-refractivity contribution in [2.75, 3.05) is 5.32 Å². The molecule has 3 nitrogen and oxygen atoms in total. The molecule has 94 valence electrons. The summed E-state index contributed by atoms with van der Waals surface area (Å²) in [6, 6.07) is 6.69. The standard InChI is InChI=1S/C14H16ClN3/c1-9-6-7-12-11(8-9)13(18-14(15)17-12)16-10-4-2-3-5-10/h6-8,10H,2-5H2,1H3,(H,16,17,18). The van der Waals surface area contributed by atoms with E-state index in [-0.39, 0.29) is 0 Å². The van der Waals surface area contributed by atoms with E-state index in [1.165, 1.54) is 31.2 Å². The predicted molar refractivity (Wildman–Crippen MR) is 75.2 cm³/mol. The number of anilines is 1. The first-order valence-electron chi connectivity index (χ1n) is 6.43. The normalized spacial score (nSPS) is 16.3. The van der Waals surface area contributed by atoms with Gasteiger partial charge in [-0.25, -0.2) is 9.97 Å². The first kappa shape index (κ1) is 11.7. The molecule has 0 spiro atoms. The summed E-state index contributed by atoms with van der Waals surface area (Å²) in [5.41, 5.74) is 2.11. The summed E-state index contributed by atoms with van der Waals surface area (Å²) in [5, 5.41) is 4.89. The van der Waals surface area contributed by atoms with Gasteiger partial charge in [-0.3, -0.25) is 0 Å². The molecule has 18 heavy (non-hydrogen) atoms. The minimum absolute atomic E-state index is 0.312. The molecular formula is C14H16ClN3. The Morgan fingerprint density at radius 3 is 2.78 bits per heavy atom. The number of aromatic nitrogens is 2. The molecule has 1 aromatic heterocycles. The topological polar surface area (TPSA) is 37.8 Å². The van der Waals surface area contributed by atoms with E-state index in [1.54, 1.807) is 0 Å². The molecule has 0 amide bonds. The van der Waals surface area contributed by atoms with Gasteiger partial charge in [0.15, 0.2) is 0 Å². The first-order chi connectivity index (χ1) is 8.72. The van der Waals surface area contributed by atoms with E-state index in [1.807, 2.05) is 12.1 Å². The molecule has 1 heterocycles. The zero-order chi connectivity index (χ0) is 12.5. The second-order valence-corrected chi connectivity index (χ2v) is 5.33. The Morgan fingerprint density at radius 1 is 1.22 bits per heavy atom. The lowest BCUT2D eigenvalue weighted by molar-refractivity contribution is 0.751. The molecule has 1 saturated carbocycles. The Kier molecular flexibility index (Phi) is 3.08. The third kappa shape index (κ3) is 2.27. The summed E-state index contributed by atoms with van der Waals surface area (Å²) in [7, 11) is 0. The van der Waals surface area contributed by atoms with Crippen molar-refractivity contribution in [2.24, 2.45) is 0 Å². The highest BCUT2D eigenvalue weighted by atomic mass is 35.5. The highest BCUT2D eigenvalue weighted by Gasteiger charge is 2.17. The van der Waals surface area contributed by atoms with Crippen LogP contribution in [0.25, 0.3) is 10.9 Å². The number of aryl methyl sites for hydroxylation is 1. The van der Waals surface area contributed by atoms with E-state index in [0.29, 0.717) is 11.3 Å². The van der Waals surface area contributed by atoms with Crippen LogP contribution in [0.3, 0.4) is 0 Å². The van der Waals surface area contributed by atoms with Crippen LogP contribution in [0.5, 0.6) is 0 Å². The predicted octanol–water partition coefficient (Wildman–Crippen LogP) is 3.95. The minimum atomic E-state index is 0.312. The van der Waals surface area contributed by atoms with Gasteiger partial charge in [-0.2, -0.15) is 0 Å². The molecule has 0 saturated heterocycles. The summed E-state index contributed by atoms with van der Waals surface area (Å²) < 4.78 is 0. The Labute approximate surface area is 112 Å². The molecule has 0 bridgehead atoms. The zero-order valence-corrected chi connectivity index (χ0v) is 11.2. The number of benzene rings is 1. The van der Waals surface area contributed by atoms with Crippen LogP contribution in [0.4, 0.5) is 5.82 Å². The van der Waals surface area contributed by atoms with Crippen LogP contribution in [0.2, 0.25) is 5.28 Å². The summed E-state index contributed by atoms with van der Waals surface area (Å²) in [6.07, 6.45) is 5.03. The lowest BCUT2D eigenvalue weighted by Gasteiger charge is -2.14. The number of nitrogens with one attached hydrogen (secondary N) is 1. The fourth-order valence-corrected chi connectivity index (χ4v) is 2.76. The lowest BCUT2D eigenvalue weighted by atomic mass is 10.1. The van der Waals surface area contributed by atoms with Gasteiger partial charge in [-0.1, -0.05) is 24.5 Å². The average Bonchev–Trinajstić information content (AvgIpc) is 2.83. The van der Waals surface area contributed by atoms with Crippen molar-refractivity contribution in [3.05, 3.63) is 29.0 Å². The van der Waals surface area contributed by atoms with Crippen LogP contribution in [0, 0.1) is 6.92 Å². The monoisotopic (exact) mass is 261 g/mol. The number of nitrogens with zero attached hydrogens (tertiary/aromatic N) is 2. The number of rotatable bonds is 2. The molecule has 1 aliphatic rings. The fourth-order valence-electron chi connectivity index (χ4n) is 2.59. The van der Waals surface area contributed by atoms with Crippen molar-refractivity contribution in [1.29, 1.82) is 0 Å². The van der Waals surface area contributed by atoms with Gasteiger partial charge in [0, 0.05) is 11.4 Å². The van der Waals surface area contributed by atoms with E-state index < -0.39 is 0 Å². The van der Waals surface area contributed by atoms with Crippen molar-refractivity contribution in [3.63, 3.8) is 0 Å². The van der Waals surface area contributed by atoms with Gasteiger partial charge in [0.05, 0.1) is 5.52 Å². The van der Waals surface area contributed by atoms with Gasteiger partial charge in [0.1, 0.15) is 5.82 Å². The van der Waals surface area contributed by atoms with Gasteiger partial charge in [-0.15, -0.1) is 0 Å². The van der Waals surface area contributed by atoms with Gasteiger partial charge in [-0.05, 0) is 43.5 Å². The van der Waals surface area contributed by atoms with Crippen molar-refractivity contribution in [1.82, 2.24) is 9.97 Å². The second-order valence-electron chi connectivity index (χ2n) is 4.99. The maximum atomic E-state index is 5.99. The molecule has 0 atom stereocenters. The van der Waals surface area contributed by atoms with Gasteiger partial charge >= 0.3 is 0 Å². The van der Waals surface area contributed by atoms with E-state index in [0.717, 1.165) is 16.7 Å². The molecule has 0 aliphatic heterocycles. The van der Waals surface area contributed by atoms with Gasteiger partial charge in [0.25, 0.3) is 0 Å². The van der Waals surface area contributed by atoms with Crippen LogP contribution in [-0.4, -0.2) is 16.0 Å². The smallest absolute Gasteiger partial charge is 0.224 e. The summed E-state index contributed by atoms with van der Waals surface area (Å²) in [4.78, 5) is 8.62. The summed E-state index contributed by atoms with van der Waals surface area (Å²) >= 11 is 5.99. The summed E-state index contributed by atoms with van der Waals surface area (Å²) in [6.45, 7) is 2.08. The molecule has 0 radical (unpaired) electrons. The molecule has 1 aromatic carbocycles. The Bertz CT molecular complexity index is 577. The van der Waals surface area contributed by atoms with Crippen molar-refractivity contribution in [3.8, 4) is 0 Å². The quantitative estimate of drug-likeness (QED) is 0.832. The molecular weight excluding hydrogens is 246 g/mol. The van der Waals surface area contributed by atoms with Crippen LogP contribution in [-0.2, 0) is 0 Å². The van der Waals surface area contributed by atoms with Crippen LogP contribution in [0.15, 0.2) is 18.2 Å².